The Morgan fingerprint density at radius 3 is 1.65 bits per heavy atom. The van der Waals surface area contributed by atoms with Gasteiger partial charge in [-0.2, -0.15) is 0 Å². The van der Waals surface area contributed by atoms with Crippen LogP contribution in [-0.4, -0.2) is 49.3 Å². The van der Waals surface area contributed by atoms with E-state index in [-0.39, 0.29) is 2.85 Å². The Morgan fingerprint density at radius 2 is 1.29 bits per heavy atom. The second-order valence-corrected chi connectivity index (χ2v) is 17.3. The van der Waals surface area contributed by atoms with Gasteiger partial charge in [-0.3, -0.25) is 9.98 Å². The molecule has 188 valence electrons. The minimum Gasteiger partial charge on any atom is -0.456 e. The van der Waals surface area contributed by atoms with Gasteiger partial charge in [-0.15, -0.1) is 12.8 Å². The normalized spacial score (nSPS) is 8.44. The maximum atomic E-state index is 5.90. The van der Waals surface area contributed by atoms with Gasteiger partial charge in [-0.25, -0.2) is 0 Å². The van der Waals surface area contributed by atoms with Crippen LogP contribution in [0, 0.1) is 72.2 Å². The number of nitrogens with zero attached hydrogens (tertiary/aromatic N) is 2. The molecule has 0 aliphatic carbocycles. The van der Waals surface area contributed by atoms with E-state index in [0.29, 0.717) is 19.7 Å². The van der Waals surface area contributed by atoms with Gasteiger partial charge in [0.05, 0.1) is 25.9 Å². The summed E-state index contributed by atoms with van der Waals surface area (Å²) >= 11 is 0. The Morgan fingerprint density at radius 1 is 0.794 bits per heavy atom. The molecule has 0 fully saturated rings. The van der Waals surface area contributed by atoms with Crippen LogP contribution in [0.2, 0.25) is 39.3 Å². The van der Waals surface area contributed by atoms with Crippen molar-refractivity contribution < 1.29 is 11.7 Å². The lowest BCUT2D eigenvalue weighted by Gasteiger charge is -2.27. The second-order valence-electron chi connectivity index (χ2n) is 8.03. The van der Waals surface area contributed by atoms with E-state index in [1.165, 1.54) is 19.1 Å². The third-order valence-corrected chi connectivity index (χ3v) is 7.29. The molecule has 0 aromatic carbocycles. The third kappa shape index (κ3) is 63.0. The fourth-order valence-corrected chi connectivity index (χ4v) is 8.84. The van der Waals surface area contributed by atoms with Crippen LogP contribution >= 0.6 is 0 Å². The first-order chi connectivity index (χ1) is 15.9. The average molecular weight is 499 g/mol. The SMILES string of the molecule is C#CC#CC#CC=NCCN=C.C#CC#CC#COCC.CCCC.C[Si](C)(C)O[Si](C)(C)C.[HH].[HH]. The summed E-state index contributed by atoms with van der Waals surface area (Å²) in [6.07, 6.45) is 16.1. The number of unbranched alkanes of at least 4 members (excludes halogenated alkanes) is 1. The second kappa shape index (κ2) is 29.9. The molecule has 34 heavy (non-hydrogen) atoms. The Bertz CT molecular complexity index is 863. The standard InChI is InChI=1S/C10H8N2.C8H6O.C6H18OSi2.C4H10.2H2/c1-3-4-5-6-7-8-12-10-9-11-2;1-3-5-6-7-8-9-4-2;1-8(2,3)7-9(4,5)6;1-3-4-2;;/h1,8H,2,9-10H2;1H,4H2,2H3;1-6H3;3-4H2,1-2H3;2*1H. The minimum atomic E-state index is -1.23. The van der Waals surface area contributed by atoms with Crippen molar-refractivity contribution in [2.45, 2.75) is 72.9 Å². The van der Waals surface area contributed by atoms with Crippen molar-refractivity contribution in [3.05, 3.63) is 0 Å². The highest BCUT2D eigenvalue weighted by Crippen LogP contribution is 2.12. The van der Waals surface area contributed by atoms with Gasteiger partial charge in [0, 0.05) is 14.7 Å². The maximum absolute atomic E-state index is 5.90. The van der Waals surface area contributed by atoms with Gasteiger partial charge in [0.15, 0.2) is 16.6 Å². The highest BCUT2D eigenvalue weighted by atomic mass is 28.4. The molecule has 0 aromatic rings. The first-order valence-electron chi connectivity index (χ1n) is 11.1. The van der Waals surface area contributed by atoms with Crippen molar-refractivity contribution in [3.8, 4) is 72.2 Å². The molecule has 0 aliphatic rings. The predicted molar refractivity (Wildman–Crippen MR) is 161 cm³/mol. The molecule has 6 heteroatoms. The van der Waals surface area contributed by atoms with Gasteiger partial charge < -0.3 is 8.85 Å². The number of terminal acetylenes is 2. The van der Waals surface area contributed by atoms with Gasteiger partial charge in [0.1, 0.15) is 6.11 Å². The molecule has 0 N–H and O–H groups in total. The first kappa shape index (κ1) is 38.2. The van der Waals surface area contributed by atoms with Gasteiger partial charge in [-0.05, 0) is 94.4 Å². The number of rotatable bonds is 7. The molecule has 0 amide bonds. The first-order valence-corrected chi connectivity index (χ1v) is 17.9. The van der Waals surface area contributed by atoms with Gasteiger partial charge in [-0.1, -0.05) is 26.7 Å². The van der Waals surface area contributed by atoms with Crippen LogP contribution in [-0.2, 0) is 8.85 Å². The molecule has 0 rings (SSSR count). The fraction of sp³-hybridized carbons (Fsp3) is 0.500. The summed E-state index contributed by atoms with van der Waals surface area (Å²) in [4.78, 5) is 7.52. The summed E-state index contributed by atoms with van der Waals surface area (Å²) in [5, 5.41) is 0. The van der Waals surface area contributed by atoms with Crippen LogP contribution in [0.5, 0.6) is 0 Å². The van der Waals surface area contributed by atoms with E-state index in [2.05, 4.69) is 134 Å². The van der Waals surface area contributed by atoms with Crippen molar-refractivity contribution in [1.82, 2.24) is 0 Å². The summed E-state index contributed by atoms with van der Waals surface area (Å²) in [6, 6.07) is 0. The fourth-order valence-electron chi connectivity index (χ4n) is 1.49. The van der Waals surface area contributed by atoms with Crippen molar-refractivity contribution in [2.24, 2.45) is 9.98 Å². The molecule has 4 nitrogen and oxygen atoms in total. The molecular formula is C28H46N2O2Si2. The zero-order chi connectivity index (χ0) is 27.1. The highest BCUT2D eigenvalue weighted by molar-refractivity contribution is 6.83. The molecular weight excluding hydrogens is 452 g/mol. The molecule has 0 unspecified atom stereocenters. The molecule has 0 aromatic heterocycles. The molecule has 0 saturated heterocycles. The van der Waals surface area contributed by atoms with Crippen molar-refractivity contribution in [1.29, 1.82) is 0 Å². The lowest BCUT2D eigenvalue weighted by Crippen LogP contribution is -2.39. The van der Waals surface area contributed by atoms with E-state index in [9.17, 15) is 0 Å². The van der Waals surface area contributed by atoms with E-state index in [4.69, 9.17) is 17.0 Å². The van der Waals surface area contributed by atoms with Crippen molar-refractivity contribution >= 4 is 29.6 Å². The van der Waals surface area contributed by atoms with Crippen LogP contribution < -0.4 is 0 Å². The summed E-state index contributed by atoms with van der Waals surface area (Å²) in [5.41, 5.74) is 0. The summed E-state index contributed by atoms with van der Waals surface area (Å²) in [6.45, 7) is 24.8. The molecule has 0 heterocycles. The third-order valence-electron chi connectivity index (χ3n) is 2.39. The number of ether oxygens (including phenoxy) is 1. The van der Waals surface area contributed by atoms with Crippen LogP contribution in [0.1, 0.15) is 36.5 Å². The lowest BCUT2D eigenvalue weighted by atomic mass is 10.4. The maximum Gasteiger partial charge on any atom is 0.170 e. The minimum absolute atomic E-state index is 0. The van der Waals surface area contributed by atoms with Crippen molar-refractivity contribution in [3.63, 3.8) is 0 Å². The van der Waals surface area contributed by atoms with E-state index >= 15 is 0 Å². The number of hydrogen-bond donors (Lipinski definition) is 0. The molecule has 0 bridgehead atoms. The van der Waals surface area contributed by atoms with E-state index < -0.39 is 16.6 Å². The lowest BCUT2D eigenvalue weighted by molar-refractivity contribution is 0.299. The summed E-state index contributed by atoms with van der Waals surface area (Å²) in [5.74, 6) is 21.3. The molecule has 0 aliphatic heterocycles. The van der Waals surface area contributed by atoms with Crippen molar-refractivity contribution in [2.75, 3.05) is 19.7 Å². The zero-order valence-electron chi connectivity index (χ0n) is 22.7. The Hall–Kier alpha value is -3.11. The largest absolute Gasteiger partial charge is 0.456 e. The van der Waals surface area contributed by atoms with Gasteiger partial charge in [0.2, 0.25) is 0 Å². The molecule has 0 atom stereocenters. The summed E-state index contributed by atoms with van der Waals surface area (Å²) in [7, 11) is -2.46. The highest BCUT2D eigenvalue weighted by Gasteiger charge is 2.24. The van der Waals surface area contributed by atoms with E-state index in [0.717, 1.165) is 0 Å². The Labute approximate surface area is 216 Å². The van der Waals surface area contributed by atoms with E-state index in [1.54, 1.807) is 0 Å². The smallest absolute Gasteiger partial charge is 0.170 e. The molecule has 0 spiro atoms. The van der Waals surface area contributed by atoms with Crippen LogP contribution in [0.25, 0.3) is 0 Å². The van der Waals surface area contributed by atoms with Gasteiger partial charge >= 0.3 is 0 Å². The zero-order valence-corrected chi connectivity index (χ0v) is 24.7. The molecule has 0 radical (unpaired) electrons. The van der Waals surface area contributed by atoms with Crippen LogP contribution in [0.4, 0.5) is 0 Å². The van der Waals surface area contributed by atoms with Crippen LogP contribution in [0.15, 0.2) is 9.98 Å². The quantitative estimate of drug-likeness (QED) is 0.187. The predicted octanol–water partition coefficient (Wildman–Crippen LogP) is 5.99. The Kier molecular flexibility index (Phi) is 33.6. The average Bonchev–Trinajstić information content (AvgIpc) is 2.74. The van der Waals surface area contributed by atoms with Gasteiger partial charge in [0.25, 0.3) is 0 Å². The molecule has 0 saturated carbocycles. The topological polar surface area (TPSA) is 43.2 Å². The Balaban J connectivity index is -0.0000000859. The monoisotopic (exact) mass is 498 g/mol. The van der Waals surface area contributed by atoms with Crippen LogP contribution in [0.3, 0.4) is 0 Å². The number of hydrogen-bond acceptors (Lipinski definition) is 4. The summed E-state index contributed by atoms with van der Waals surface area (Å²) < 4.78 is 10.6. The number of aliphatic imine (C=N–C) groups is 2. The van der Waals surface area contributed by atoms with E-state index in [1.807, 2.05) is 6.92 Å².